The van der Waals surface area contributed by atoms with Gasteiger partial charge in [0.1, 0.15) is 6.33 Å². The third-order valence-electron chi connectivity index (χ3n) is 3.58. The number of rotatable bonds is 4. The van der Waals surface area contributed by atoms with E-state index in [2.05, 4.69) is 27.6 Å². The molecule has 1 fully saturated rings. The summed E-state index contributed by atoms with van der Waals surface area (Å²) >= 11 is 0. The number of nitrogens with zero attached hydrogens (tertiary/aromatic N) is 2. The molecule has 0 spiro atoms. The van der Waals surface area contributed by atoms with Crippen molar-refractivity contribution in [2.24, 2.45) is 11.8 Å². The molecule has 6 nitrogen and oxygen atoms in total. The van der Waals surface area contributed by atoms with Crippen molar-refractivity contribution >= 4 is 11.6 Å². The molecule has 1 aliphatic carbocycles. The van der Waals surface area contributed by atoms with E-state index < -0.39 is 0 Å². The molecular weight excluding hydrogens is 230 g/mol. The van der Waals surface area contributed by atoms with Gasteiger partial charge in [-0.05, 0) is 18.8 Å². The number of aromatic nitrogens is 2. The third-order valence-corrected chi connectivity index (χ3v) is 3.58. The number of hydrogen-bond acceptors (Lipinski definition) is 6. The fourth-order valence-corrected chi connectivity index (χ4v) is 2.48. The summed E-state index contributed by atoms with van der Waals surface area (Å²) in [6, 6.07) is 0.438. The van der Waals surface area contributed by atoms with Gasteiger partial charge in [-0.3, -0.25) is 0 Å². The number of nitrogens with one attached hydrogen (secondary N) is 2. The summed E-state index contributed by atoms with van der Waals surface area (Å²) in [5, 5.41) is 3.45. The average molecular weight is 251 g/mol. The Labute approximate surface area is 107 Å². The molecular formula is C12H21N5O. The van der Waals surface area contributed by atoms with Crippen LogP contribution >= 0.6 is 0 Å². The van der Waals surface area contributed by atoms with Crippen LogP contribution in [0.25, 0.3) is 0 Å². The van der Waals surface area contributed by atoms with E-state index in [1.54, 1.807) is 7.11 Å². The molecule has 6 heteroatoms. The summed E-state index contributed by atoms with van der Waals surface area (Å²) in [5.74, 6) is 7.83. The maximum atomic E-state index is 5.41. The van der Waals surface area contributed by atoms with Crippen molar-refractivity contribution in [2.45, 2.75) is 38.6 Å². The molecule has 2 atom stereocenters. The van der Waals surface area contributed by atoms with Crippen molar-refractivity contribution in [3.8, 4) is 5.75 Å². The highest BCUT2D eigenvalue weighted by molar-refractivity contribution is 5.63. The van der Waals surface area contributed by atoms with Crippen molar-refractivity contribution in [1.29, 1.82) is 0 Å². The van der Waals surface area contributed by atoms with Gasteiger partial charge in [0, 0.05) is 6.04 Å². The van der Waals surface area contributed by atoms with Gasteiger partial charge in [0.05, 0.1) is 7.11 Å². The van der Waals surface area contributed by atoms with Gasteiger partial charge in [0.15, 0.2) is 11.6 Å². The molecule has 1 saturated carbocycles. The van der Waals surface area contributed by atoms with E-state index in [0.29, 0.717) is 29.3 Å². The van der Waals surface area contributed by atoms with Crippen LogP contribution in [0, 0.1) is 5.92 Å². The summed E-state index contributed by atoms with van der Waals surface area (Å²) in [6.45, 7) is 2.27. The number of hydrazine groups is 1. The molecule has 1 aromatic heterocycles. The van der Waals surface area contributed by atoms with Crippen molar-refractivity contribution in [3.63, 3.8) is 0 Å². The summed E-state index contributed by atoms with van der Waals surface area (Å²) in [4.78, 5) is 8.27. The molecule has 0 aromatic carbocycles. The number of nitrogens with two attached hydrogens (primary N) is 1. The predicted octanol–water partition coefficient (Wildman–Crippen LogP) is 1.76. The number of ether oxygens (including phenoxy) is 1. The van der Waals surface area contributed by atoms with Crippen LogP contribution in [0.3, 0.4) is 0 Å². The Morgan fingerprint density at radius 3 is 2.67 bits per heavy atom. The quantitative estimate of drug-likeness (QED) is 0.558. The molecule has 0 saturated heterocycles. The molecule has 0 radical (unpaired) electrons. The van der Waals surface area contributed by atoms with Gasteiger partial charge in [0.2, 0.25) is 5.75 Å². The molecule has 1 heterocycles. The Bertz CT molecular complexity index is 398. The highest BCUT2D eigenvalue weighted by atomic mass is 16.5. The first kappa shape index (κ1) is 12.9. The third kappa shape index (κ3) is 2.64. The van der Waals surface area contributed by atoms with Crippen LogP contribution in [0.2, 0.25) is 0 Å². The average Bonchev–Trinajstić information content (AvgIpc) is 2.41. The molecule has 2 unspecified atom stereocenters. The van der Waals surface area contributed by atoms with Crippen LogP contribution < -0.4 is 21.3 Å². The summed E-state index contributed by atoms with van der Waals surface area (Å²) in [6.07, 6.45) is 6.48. The van der Waals surface area contributed by atoms with Crippen molar-refractivity contribution in [2.75, 3.05) is 17.9 Å². The Morgan fingerprint density at radius 2 is 2.00 bits per heavy atom. The first-order valence-corrected chi connectivity index (χ1v) is 6.38. The first-order chi connectivity index (χ1) is 8.76. The van der Waals surface area contributed by atoms with Gasteiger partial charge in [-0.1, -0.05) is 19.8 Å². The molecule has 100 valence electrons. The van der Waals surface area contributed by atoms with E-state index in [0.717, 1.165) is 0 Å². The molecule has 0 bridgehead atoms. The summed E-state index contributed by atoms with van der Waals surface area (Å²) in [7, 11) is 1.59. The molecule has 2 rings (SSSR count). The van der Waals surface area contributed by atoms with Gasteiger partial charge in [0.25, 0.3) is 0 Å². The number of anilines is 2. The number of nitrogen functional groups attached to an aromatic ring is 1. The lowest BCUT2D eigenvalue weighted by molar-refractivity contribution is 0.346. The van der Waals surface area contributed by atoms with Crippen LogP contribution in [-0.2, 0) is 0 Å². The SMILES string of the molecule is COc1c(NN)ncnc1NC1CCCCC1C. The minimum atomic E-state index is 0.438. The Kier molecular flexibility index (Phi) is 4.19. The fraction of sp³-hybridized carbons (Fsp3) is 0.667. The van der Waals surface area contributed by atoms with Crippen molar-refractivity contribution in [3.05, 3.63) is 6.33 Å². The molecule has 1 aliphatic rings. The monoisotopic (exact) mass is 251 g/mol. The van der Waals surface area contributed by atoms with E-state index in [4.69, 9.17) is 10.6 Å². The zero-order valence-corrected chi connectivity index (χ0v) is 10.9. The normalized spacial score (nSPS) is 23.5. The lowest BCUT2D eigenvalue weighted by Gasteiger charge is -2.30. The fourth-order valence-electron chi connectivity index (χ4n) is 2.48. The van der Waals surface area contributed by atoms with Crippen LogP contribution in [0.4, 0.5) is 11.6 Å². The van der Waals surface area contributed by atoms with Crippen LogP contribution in [-0.4, -0.2) is 23.1 Å². The second kappa shape index (κ2) is 5.86. The number of methoxy groups -OCH3 is 1. The zero-order valence-electron chi connectivity index (χ0n) is 10.9. The maximum absolute atomic E-state index is 5.41. The topological polar surface area (TPSA) is 85.1 Å². The first-order valence-electron chi connectivity index (χ1n) is 6.38. The zero-order chi connectivity index (χ0) is 13.0. The minimum absolute atomic E-state index is 0.438. The Morgan fingerprint density at radius 1 is 1.28 bits per heavy atom. The van der Waals surface area contributed by atoms with Crippen LogP contribution in [0.5, 0.6) is 5.75 Å². The van der Waals surface area contributed by atoms with E-state index in [1.807, 2.05) is 0 Å². The summed E-state index contributed by atoms with van der Waals surface area (Å²) in [5.41, 5.74) is 2.52. The van der Waals surface area contributed by atoms with Crippen LogP contribution in [0.1, 0.15) is 32.6 Å². The highest BCUT2D eigenvalue weighted by Crippen LogP contribution is 2.32. The second-order valence-corrected chi connectivity index (χ2v) is 4.76. The van der Waals surface area contributed by atoms with Crippen molar-refractivity contribution < 1.29 is 4.74 Å². The van der Waals surface area contributed by atoms with Gasteiger partial charge in [-0.25, -0.2) is 15.8 Å². The van der Waals surface area contributed by atoms with Gasteiger partial charge in [-0.15, -0.1) is 0 Å². The molecule has 18 heavy (non-hydrogen) atoms. The lowest BCUT2D eigenvalue weighted by atomic mass is 9.86. The van der Waals surface area contributed by atoms with E-state index in [1.165, 1.54) is 32.0 Å². The van der Waals surface area contributed by atoms with E-state index in [9.17, 15) is 0 Å². The van der Waals surface area contributed by atoms with Crippen molar-refractivity contribution in [1.82, 2.24) is 9.97 Å². The van der Waals surface area contributed by atoms with E-state index in [-0.39, 0.29) is 0 Å². The van der Waals surface area contributed by atoms with Gasteiger partial charge >= 0.3 is 0 Å². The standard InChI is InChI=1S/C12H21N5O/c1-8-5-3-4-6-9(8)16-11-10(18-2)12(17-13)15-7-14-11/h7-9H,3-6,13H2,1-2H3,(H2,14,15,16,17). The van der Waals surface area contributed by atoms with Crippen LogP contribution in [0.15, 0.2) is 6.33 Å². The van der Waals surface area contributed by atoms with Gasteiger partial charge in [-0.2, -0.15) is 0 Å². The highest BCUT2D eigenvalue weighted by Gasteiger charge is 2.23. The second-order valence-electron chi connectivity index (χ2n) is 4.76. The predicted molar refractivity (Wildman–Crippen MR) is 71.4 cm³/mol. The Balaban J connectivity index is 2.17. The lowest BCUT2D eigenvalue weighted by Crippen LogP contribution is -2.31. The largest absolute Gasteiger partial charge is 0.490 e. The maximum Gasteiger partial charge on any atom is 0.205 e. The molecule has 0 aliphatic heterocycles. The smallest absolute Gasteiger partial charge is 0.205 e. The Hall–Kier alpha value is -1.56. The minimum Gasteiger partial charge on any atom is -0.490 e. The number of hydrogen-bond donors (Lipinski definition) is 3. The van der Waals surface area contributed by atoms with E-state index >= 15 is 0 Å². The summed E-state index contributed by atoms with van der Waals surface area (Å²) < 4.78 is 5.31. The molecule has 4 N–H and O–H groups in total. The van der Waals surface area contributed by atoms with Gasteiger partial charge < -0.3 is 15.5 Å². The molecule has 0 amide bonds. The molecule has 1 aromatic rings.